The summed E-state index contributed by atoms with van der Waals surface area (Å²) in [7, 11) is 1.61. The molecule has 0 radical (unpaired) electrons. The van der Waals surface area contributed by atoms with Crippen LogP contribution in [0.5, 0.6) is 5.75 Å². The van der Waals surface area contributed by atoms with Gasteiger partial charge in [0.25, 0.3) is 5.91 Å². The SMILES string of the molecule is COc1ccccc1C(C)NC(=O)c1ccc(CNC(=O)NC(C)C)cc1. The quantitative estimate of drug-likeness (QED) is 0.700. The number of hydrogen-bond donors (Lipinski definition) is 3. The lowest BCUT2D eigenvalue weighted by atomic mass is 10.1. The number of urea groups is 1. The maximum Gasteiger partial charge on any atom is 0.315 e. The predicted octanol–water partition coefficient (Wildman–Crippen LogP) is 3.39. The Morgan fingerprint density at radius 1 is 0.963 bits per heavy atom. The van der Waals surface area contributed by atoms with Crippen LogP contribution in [0.15, 0.2) is 48.5 Å². The summed E-state index contributed by atoms with van der Waals surface area (Å²) >= 11 is 0. The Morgan fingerprint density at radius 3 is 2.26 bits per heavy atom. The van der Waals surface area contributed by atoms with Crippen molar-refractivity contribution >= 4 is 11.9 Å². The number of benzene rings is 2. The highest BCUT2D eigenvalue weighted by atomic mass is 16.5. The minimum atomic E-state index is -0.211. The van der Waals surface area contributed by atoms with Crippen molar-refractivity contribution in [1.82, 2.24) is 16.0 Å². The highest BCUT2D eigenvalue weighted by Crippen LogP contribution is 2.24. The summed E-state index contributed by atoms with van der Waals surface area (Å²) in [5.41, 5.74) is 2.40. The van der Waals surface area contributed by atoms with Gasteiger partial charge in [0.2, 0.25) is 0 Å². The predicted molar refractivity (Wildman–Crippen MR) is 106 cm³/mol. The lowest BCUT2D eigenvalue weighted by Gasteiger charge is -2.17. The molecule has 144 valence electrons. The number of hydrogen-bond acceptors (Lipinski definition) is 3. The molecule has 27 heavy (non-hydrogen) atoms. The van der Waals surface area contributed by atoms with Crippen LogP contribution < -0.4 is 20.7 Å². The molecule has 3 amide bonds. The van der Waals surface area contributed by atoms with Gasteiger partial charge in [-0.15, -0.1) is 0 Å². The Morgan fingerprint density at radius 2 is 1.63 bits per heavy atom. The normalized spacial score (nSPS) is 11.6. The second kappa shape index (κ2) is 9.62. The minimum absolute atomic E-state index is 0.0845. The maximum atomic E-state index is 12.5. The summed E-state index contributed by atoms with van der Waals surface area (Å²) in [6, 6.07) is 14.5. The van der Waals surface area contributed by atoms with E-state index >= 15 is 0 Å². The highest BCUT2D eigenvalue weighted by Gasteiger charge is 2.14. The monoisotopic (exact) mass is 369 g/mol. The molecule has 6 nitrogen and oxygen atoms in total. The third-order valence-electron chi connectivity index (χ3n) is 4.04. The van der Waals surface area contributed by atoms with Gasteiger partial charge in [0, 0.05) is 23.7 Å². The number of carbonyl (C=O) groups excluding carboxylic acids is 2. The Bertz CT molecular complexity index is 772. The van der Waals surface area contributed by atoms with Gasteiger partial charge < -0.3 is 20.7 Å². The highest BCUT2D eigenvalue weighted by molar-refractivity contribution is 5.94. The molecule has 0 aliphatic rings. The van der Waals surface area contributed by atoms with E-state index in [1.807, 2.05) is 57.2 Å². The smallest absolute Gasteiger partial charge is 0.315 e. The lowest BCUT2D eigenvalue weighted by molar-refractivity contribution is 0.0939. The van der Waals surface area contributed by atoms with Crippen LogP contribution in [0.25, 0.3) is 0 Å². The average molecular weight is 369 g/mol. The number of rotatable bonds is 7. The van der Waals surface area contributed by atoms with E-state index in [0.29, 0.717) is 12.1 Å². The molecule has 3 N–H and O–H groups in total. The van der Waals surface area contributed by atoms with Gasteiger partial charge >= 0.3 is 6.03 Å². The molecule has 2 aromatic rings. The fourth-order valence-electron chi connectivity index (χ4n) is 2.65. The molecule has 0 bridgehead atoms. The first kappa shape index (κ1) is 20.3. The zero-order valence-corrected chi connectivity index (χ0v) is 16.2. The Hall–Kier alpha value is -3.02. The molecule has 1 unspecified atom stereocenters. The second-order valence-corrected chi connectivity index (χ2v) is 6.62. The van der Waals surface area contributed by atoms with Crippen LogP contribution in [0.4, 0.5) is 4.79 Å². The van der Waals surface area contributed by atoms with Gasteiger partial charge in [-0.25, -0.2) is 4.79 Å². The molecule has 2 aromatic carbocycles. The molecule has 0 heterocycles. The number of amides is 3. The number of nitrogens with one attached hydrogen (secondary N) is 3. The molecule has 0 aliphatic carbocycles. The fraction of sp³-hybridized carbons (Fsp3) is 0.333. The Labute approximate surface area is 160 Å². The molecule has 1 atom stereocenters. The summed E-state index contributed by atoms with van der Waals surface area (Å²) in [6.07, 6.45) is 0. The first-order valence-electron chi connectivity index (χ1n) is 8.97. The molecular formula is C21H27N3O3. The van der Waals surface area contributed by atoms with Crippen molar-refractivity contribution in [2.75, 3.05) is 7.11 Å². The number of methoxy groups -OCH3 is 1. The summed E-state index contributed by atoms with van der Waals surface area (Å²) in [4.78, 5) is 24.1. The maximum absolute atomic E-state index is 12.5. The van der Waals surface area contributed by atoms with Crippen molar-refractivity contribution in [3.8, 4) is 5.75 Å². The molecule has 6 heteroatoms. The standard InChI is InChI=1S/C21H27N3O3/c1-14(2)23-21(26)22-13-16-9-11-17(12-10-16)20(25)24-15(3)18-7-5-6-8-19(18)27-4/h5-12,14-15H,13H2,1-4H3,(H,24,25)(H2,22,23,26). The largest absolute Gasteiger partial charge is 0.496 e. The average Bonchev–Trinajstić information content (AvgIpc) is 2.66. The van der Waals surface area contributed by atoms with Gasteiger partial charge in [-0.3, -0.25) is 4.79 Å². The molecule has 0 fully saturated rings. The summed E-state index contributed by atoms with van der Waals surface area (Å²) < 4.78 is 5.35. The first-order chi connectivity index (χ1) is 12.9. The zero-order valence-electron chi connectivity index (χ0n) is 16.2. The van der Waals surface area contributed by atoms with E-state index in [1.165, 1.54) is 0 Å². The topological polar surface area (TPSA) is 79.5 Å². The lowest BCUT2D eigenvalue weighted by Crippen LogP contribution is -2.39. The van der Waals surface area contributed by atoms with Crippen molar-refractivity contribution in [1.29, 1.82) is 0 Å². The van der Waals surface area contributed by atoms with Crippen LogP contribution in [0.2, 0.25) is 0 Å². The van der Waals surface area contributed by atoms with Gasteiger partial charge in [0.15, 0.2) is 0 Å². The van der Waals surface area contributed by atoms with Crippen molar-refractivity contribution < 1.29 is 14.3 Å². The van der Waals surface area contributed by atoms with Crippen LogP contribution in [-0.4, -0.2) is 25.1 Å². The zero-order chi connectivity index (χ0) is 19.8. The molecule has 0 saturated heterocycles. The van der Waals surface area contributed by atoms with Gasteiger partial charge in [-0.1, -0.05) is 30.3 Å². The van der Waals surface area contributed by atoms with Gasteiger partial charge in [0.05, 0.1) is 13.2 Å². The van der Waals surface area contributed by atoms with Crippen LogP contribution in [0.3, 0.4) is 0 Å². The third-order valence-corrected chi connectivity index (χ3v) is 4.04. The van der Waals surface area contributed by atoms with Crippen LogP contribution in [0.1, 0.15) is 48.3 Å². The number of para-hydroxylation sites is 1. The summed E-state index contributed by atoms with van der Waals surface area (Å²) in [5, 5.41) is 8.53. The van der Waals surface area contributed by atoms with E-state index in [1.54, 1.807) is 19.2 Å². The van der Waals surface area contributed by atoms with E-state index in [9.17, 15) is 9.59 Å². The van der Waals surface area contributed by atoms with E-state index in [0.717, 1.165) is 16.9 Å². The van der Waals surface area contributed by atoms with Crippen LogP contribution in [0, 0.1) is 0 Å². The number of ether oxygens (including phenoxy) is 1. The van der Waals surface area contributed by atoms with E-state index < -0.39 is 0 Å². The molecular weight excluding hydrogens is 342 g/mol. The van der Waals surface area contributed by atoms with Crippen LogP contribution in [-0.2, 0) is 6.54 Å². The third kappa shape index (κ3) is 6.02. The van der Waals surface area contributed by atoms with Crippen LogP contribution >= 0.6 is 0 Å². The van der Waals surface area contributed by atoms with Crippen molar-refractivity contribution in [3.05, 3.63) is 65.2 Å². The summed E-state index contributed by atoms with van der Waals surface area (Å²) in [5.74, 6) is 0.580. The Kier molecular flexibility index (Phi) is 7.23. The van der Waals surface area contributed by atoms with Crippen molar-refractivity contribution in [2.45, 2.75) is 39.4 Å². The van der Waals surface area contributed by atoms with E-state index in [2.05, 4.69) is 16.0 Å². The first-order valence-corrected chi connectivity index (χ1v) is 8.97. The molecule has 2 rings (SSSR count). The van der Waals surface area contributed by atoms with Crippen molar-refractivity contribution in [3.63, 3.8) is 0 Å². The molecule has 0 spiro atoms. The summed E-state index contributed by atoms with van der Waals surface area (Å²) in [6.45, 7) is 6.12. The van der Waals surface area contributed by atoms with E-state index in [4.69, 9.17) is 4.74 Å². The van der Waals surface area contributed by atoms with Gasteiger partial charge in [-0.05, 0) is 44.5 Å². The van der Waals surface area contributed by atoms with Gasteiger partial charge in [0.1, 0.15) is 5.75 Å². The van der Waals surface area contributed by atoms with Gasteiger partial charge in [-0.2, -0.15) is 0 Å². The number of carbonyl (C=O) groups is 2. The molecule has 0 saturated carbocycles. The minimum Gasteiger partial charge on any atom is -0.496 e. The Balaban J connectivity index is 1.94. The second-order valence-electron chi connectivity index (χ2n) is 6.62. The van der Waals surface area contributed by atoms with Crippen molar-refractivity contribution in [2.24, 2.45) is 0 Å². The molecule has 0 aromatic heterocycles. The fourth-order valence-corrected chi connectivity index (χ4v) is 2.65. The molecule has 0 aliphatic heterocycles. The van der Waals surface area contributed by atoms with E-state index in [-0.39, 0.29) is 24.0 Å².